The minimum atomic E-state index is 0.0222. The lowest BCUT2D eigenvalue weighted by molar-refractivity contribution is 0.0650. The molecule has 0 saturated carbocycles. The first-order chi connectivity index (χ1) is 10.1. The summed E-state index contributed by atoms with van der Waals surface area (Å²) in [5.41, 5.74) is 6.18. The third-order valence-electron chi connectivity index (χ3n) is 3.46. The van der Waals surface area contributed by atoms with Gasteiger partial charge < -0.3 is 15.4 Å². The van der Waals surface area contributed by atoms with Crippen molar-refractivity contribution in [1.29, 1.82) is 0 Å². The lowest BCUT2D eigenvalue weighted by Crippen LogP contribution is -2.50. The number of benzene rings is 1. The second-order valence-electron chi connectivity index (χ2n) is 4.96. The van der Waals surface area contributed by atoms with Gasteiger partial charge in [-0.1, -0.05) is 24.4 Å². The Morgan fingerprint density at radius 3 is 2.57 bits per heavy atom. The zero-order chi connectivity index (χ0) is 15.2. The number of para-hydroxylation sites is 1. The maximum Gasteiger partial charge on any atom is 0.257 e. The minimum absolute atomic E-state index is 0.0222. The molecule has 1 fully saturated rings. The lowest BCUT2D eigenvalue weighted by atomic mass is 10.1. The maximum absolute atomic E-state index is 12.6. The Morgan fingerprint density at radius 1 is 1.29 bits per heavy atom. The molecule has 5 nitrogen and oxygen atoms in total. The first kappa shape index (κ1) is 15.7. The fraction of sp³-hybridized carbons (Fsp3) is 0.467. The molecule has 0 aromatic heterocycles. The van der Waals surface area contributed by atoms with Gasteiger partial charge in [0.15, 0.2) is 0 Å². The Bertz CT molecular complexity index is 513. The Labute approximate surface area is 130 Å². The number of carbonyl (C=O) groups is 1. The van der Waals surface area contributed by atoms with E-state index in [-0.39, 0.29) is 5.91 Å². The number of ether oxygens (including phenoxy) is 1. The molecule has 114 valence electrons. The number of piperazine rings is 1. The largest absolute Gasteiger partial charge is 0.493 e. The average Bonchev–Trinajstić information content (AvgIpc) is 2.48. The molecule has 1 aliphatic rings. The van der Waals surface area contributed by atoms with Gasteiger partial charge >= 0.3 is 0 Å². The molecule has 1 amide bonds. The van der Waals surface area contributed by atoms with Crippen LogP contribution in [0.4, 0.5) is 0 Å². The number of hydrogen-bond acceptors (Lipinski definition) is 4. The third-order valence-corrected chi connectivity index (χ3v) is 3.59. The molecule has 1 heterocycles. The molecule has 1 aromatic carbocycles. The van der Waals surface area contributed by atoms with E-state index in [1.807, 2.05) is 36.1 Å². The highest BCUT2D eigenvalue weighted by atomic mass is 32.1. The number of amides is 1. The van der Waals surface area contributed by atoms with E-state index in [1.54, 1.807) is 0 Å². The molecule has 0 bridgehead atoms. The molecule has 0 unspecified atom stereocenters. The van der Waals surface area contributed by atoms with Crippen molar-refractivity contribution in [1.82, 2.24) is 9.80 Å². The Hall–Kier alpha value is -1.66. The van der Waals surface area contributed by atoms with E-state index in [2.05, 4.69) is 4.90 Å². The highest BCUT2D eigenvalue weighted by molar-refractivity contribution is 7.80. The minimum Gasteiger partial charge on any atom is -0.493 e. The van der Waals surface area contributed by atoms with Crippen LogP contribution in [0.2, 0.25) is 0 Å². The van der Waals surface area contributed by atoms with Gasteiger partial charge in [-0.3, -0.25) is 9.69 Å². The Morgan fingerprint density at radius 2 is 1.95 bits per heavy atom. The molecule has 0 spiro atoms. The van der Waals surface area contributed by atoms with Gasteiger partial charge in [0.25, 0.3) is 5.91 Å². The summed E-state index contributed by atoms with van der Waals surface area (Å²) in [6.45, 7) is 6.03. The van der Waals surface area contributed by atoms with E-state index in [4.69, 9.17) is 22.7 Å². The average molecular weight is 307 g/mol. The topological polar surface area (TPSA) is 58.8 Å². The molecule has 0 radical (unpaired) electrons. The lowest BCUT2D eigenvalue weighted by Gasteiger charge is -2.34. The molecule has 2 N–H and O–H groups in total. The molecule has 2 rings (SSSR count). The van der Waals surface area contributed by atoms with E-state index in [9.17, 15) is 4.79 Å². The first-order valence-electron chi connectivity index (χ1n) is 7.13. The Kier molecular flexibility index (Phi) is 5.52. The van der Waals surface area contributed by atoms with Crippen molar-refractivity contribution < 1.29 is 9.53 Å². The number of hydrogen-bond donors (Lipinski definition) is 1. The van der Waals surface area contributed by atoms with Crippen LogP contribution in [0, 0.1) is 0 Å². The summed E-state index contributed by atoms with van der Waals surface area (Å²) in [5.74, 6) is 0.671. The fourth-order valence-corrected chi connectivity index (χ4v) is 2.61. The van der Waals surface area contributed by atoms with Crippen LogP contribution < -0.4 is 10.5 Å². The summed E-state index contributed by atoms with van der Waals surface area (Å²) >= 11 is 4.92. The van der Waals surface area contributed by atoms with Crippen molar-refractivity contribution in [3.63, 3.8) is 0 Å². The summed E-state index contributed by atoms with van der Waals surface area (Å²) in [5, 5.41) is 0. The fourth-order valence-electron chi connectivity index (χ4n) is 2.42. The molecule has 0 atom stereocenters. The van der Waals surface area contributed by atoms with Crippen molar-refractivity contribution in [2.24, 2.45) is 5.73 Å². The molecule has 1 aliphatic heterocycles. The SMILES string of the molecule is CCOc1ccccc1C(=O)N1CCN(CC(N)=S)CC1. The zero-order valence-electron chi connectivity index (χ0n) is 12.2. The van der Waals surface area contributed by atoms with E-state index in [1.165, 1.54) is 0 Å². The van der Waals surface area contributed by atoms with Crippen LogP contribution in [0.15, 0.2) is 24.3 Å². The van der Waals surface area contributed by atoms with Crippen LogP contribution in [0.1, 0.15) is 17.3 Å². The monoisotopic (exact) mass is 307 g/mol. The second kappa shape index (κ2) is 7.38. The van der Waals surface area contributed by atoms with Crippen LogP contribution in [0.5, 0.6) is 5.75 Å². The van der Waals surface area contributed by atoms with Crippen molar-refractivity contribution >= 4 is 23.1 Å². The number of thiocarbonyl (C=S) groups is 1. The van der Waals surface area contributed by atoms with Crippen molar-refractivity contribution in [3.05, 3.63) is 29.8 Å². The highest BCUT2D eigenvalue weighted by Gasteiger charge is 2.24. The normalized spacial score (nSPS) is 15.8. The van der Waals surface area contributed by atoms with Crippen LogP contribution >= 0.6 is 12.2 Å². The molecular weight excluding hydrogens is 286 g/mol. The molecule has 1 aromatic rings. The summed E-state index contributed by atoms with van der Waals surface area (Å²) in [6.07, 6.45) is 0. The Balaban J connectivity index is 2.00. The summed E-state index contributed by atoms with van der Waals surface area (Å²) in [6, 6.07) is 7.38. The van der Waals surface area contributed by atoms with Crippen LogP contribution in [-0.4, -0.2) is 60.0 Å². The van der Waals surface area contributed by atoms with E-state index in [0.717, 1.165) is 13.1 Å². The van der Waals surface area contributed by atoms with E-state index >= 15 is 0 Å². The summed E-state index contributed by atoms with van der Waals surface area (Å²) in [4.78, 5) is 17.1. The smallest absolute Gasteiger partial charge is 0.257 e. The van der Waals surface area contributed by atoms with Crippen molar-refractivity contribution in [2.45, 2.75) is 6.92 Å². The van der Waals surface area contributed by atoms with Crippen molar-refractivity contribution in [2.75, 3.05) is 39.3 Å². The molecule has 21 heavy (non-hydrogen) atoms. The maximum atomic E-state index is 12.6. The van der Waals surface area contributed by atoms with Gasteiger partial charge in [0.2, 0.25) is 0 Å². The van der Waals surface area contributed by atoms with Gasteiger partial charge in [0.1, 0.15) is 5.75 Å². The van der Waals surface area contributed by atoms with Gasteiger partial charge in [0.05, 0.1) is 17.2 Å². The van der Waals surface area contributed by atoms with Gasteiger partial charge in [-0.25, -0.2) is 0 Å². The van der Waals surface area contributed by atoms with Gasteiger partial charge in [-0.2, -0.15) is 0 Å². The summed E-state index contributed by atoms with van der Waals surface area (Å²) in [7, 11) is 0. The van der Waals surface area contributed by atoms with Gasteiger partial charge in [0, 0.05) is 32.7 Å². The summed E-state index contributed by atoms with van der Waals surface area (Å²) < 4.78 is 5.53. The number of carbonyl (C=O) groups excluding carboxylic acids is 1. The standard InChI is InChI=1S/C15H21N3O2S/c1-2-20-13-6-4-3-5-12(13)15(19)18-9-7-17(8-10-18)11-14(16)21/h3-6H,2,7-11H2,1H3,(H2,16,21). The first-order valence-corrected chi connectivity index (χ1v) is 7.54. The molecule has 1 saturated heterocycles. The number of rotatable bonds is 5. The van der Waals surface area contributed by atoms with Gasteiger partial charge in [-0.05, 0) is 19.1 Å². The van der Waals surface area contributed by atoms with Crippen LogP contribution in [-0.2, 0) is 0 Å². The van der Waals surface area contributed by atoms with Crippen LogP contribution in [0.3, 0.4) is 0 Å². The van der Waals surface area contributed by atoms with Crippen molar-refractivity contribution in [3.8, 4) is 5.75 Å². The number of nitrogens with zero attached hydrogens (tertiary/aromatic N) is 2. The molecule has 0 aliphatic carbocycles. The second-order valence-corrected chi connectivity index (χ2v) is 5.49. The predicted octanol–water partition coefficient (Wildman–Crippen LogP) is 1.13. The predicted molar refractivity (Wildman–Crippen MR) is 86.7 cm³/mol. The molecule has 6 heteroatoms. The van der Waals surface area contributed by atoms with E-state index in [0.29, 0.717) is 42.5 Å². The van der Waals surface area contributed by atoms with Gasteiger partial charge in [-0.15, -0.1) is 0 Å². The molecular formula is C15H21N3O2S. The highest BCUT2D eigenvalue weighted by Crippen LogP contribution is 2.20. The van der Waals surface area contributed by atoms with E-state index < -0.39 is 0 Å². The third kappa shape index (κ3) is 4.15. The number of nitrogens with two attached hydrogens (primary N) is 1. The quantitative estimate of drug-likeness (QED) is 0.826. The zero-order valence-corrected chi connectivity index (χ0v) is 13.1. The van der Waals surface area contributed by atoms with Crippen LogP contribution in [0.25, 0.3) is 0 Å².